The molecule has 0 heterocycles. The highest BCUT2D eigenvalue weighted by Gasteiger charge is 1.86. The lowest BCUT2D eigenvalue weighted by atomic mass is 10.4. The summed E-state index contributed by atoms with van der Waals surface area (Å²) in [7, 11) is 1.49. The standard InChI is InChI=1S/C6H10OSi2.C3H12OSi2/c8-7-9-6-4-2-1-3-5-6;1-2-3-6-4-5/h1-5H,9H2,8H3;2-3,6H2,1,5H3. The Bertz CT molecular complexity index is 217. The molecule has 0 aliphatic rings. The molecule has 1 aromatic carbocycles. The fraction of sp³-hybridized carbons (Fsp3) is 0.333. The summed E-state index contributed by atoms with van der Waals surface area (Å²) in [6, 6.07) is 11.8. The minimum atomic E-state index is -0.339. The van der Waals surface area contributed by atoms with E-state index in [2.05, 4.69) is 31.2 Å². The predicted molar refractivity (Wildman–Crippen MR) is 80.3 cm³/mol. The van der Waals surface area contributed by atoms with E-state index in [0.29, 0.717) is 0 Å². The molecule has 0 saturated heterocycles. The third kappa shape index (κ3) is 10.3. The maximum absolute atomic E-state index is 5.21. The van der Waals surface area contributed by atoms with Gasteiger partial charge in [-0.2, -0.15) is 0 Å². The smallest absolute Gasteiger partial charge is 0.178 e. The van der Waals surface area contributed by atoms with E-state index in [9.17, 15) is 0 Å². The molecule has 2 nitrogen and oxygen atoms in total. The highest BCUT2D eigenvalue weighted by Crippen LogP contribution is 1.82. The fourth-order valence-corrected chi connectivity index (χ4v) is 4.27. The van der Waals surface area contributed by atoms with Gasteiger partial charge in [0.1, 0.15) is 30.7 Å². The van der Waals surface area contributed by atoms with E-state index < -0.39 is 0 Å². The van der Waals surface area contributed by atoms with Crippen LogP contribution >= 0.6 is 0 Å². The molecule has 0 aliphatic heterocycles. The van der Waals surface area contributed by atoms with Gasteiger partial charge in [0.05, 0.1) is 0 Å². The Morgan fingerprint density at radius 3 is 2.20 bits per heavy atom. The molecule has 0 N–H and O–H groups in total. The first-order valence-corrected chi connectivity index (χ1v) is 9.86. The molecule has 1 rings (SSSR count). The predicted octanol–water partition coefficient (Wildman–Crippen LogP) is -2.11. The third-order valence-electron chi connectivity index (χ3n) is 1.86. The summed E-state index contributed by atoms with van der Waals surface area (Å²) >= 11 is 0. The number of hydrogen-bond acceptors (Lipinski definition) is 2. The molecule has 0 amide bonds. The number of benzene rings is 1. The van der Waals surface area contributed by atoms with Gasteiger partial charge in [-0.3, -0.25) is 0 Å². The van der Waals surface area contributed by atoms with Gasteiger partial charge in [-0.15, -0.1) is 0 Å². The monoisotopic (exact) mass is 274 g/mol. The van der Waals surface area contributed by atoms with Crippen molar-refractivity contribution in [2.45, 2.75) is 19.4 Å². The minimum absolute atomic E-state index is 0.0166. The van der Waals surface area contributed by atoms with E-state index in [1.165, 1.54) is 17.7 Å². The summed E-state index contributed by atoms with van der Waals surface area (Å²) in [5.41, 5.74) is 0. The van der Waals surface area contributed by atoms with Crippen molar-refractivity contribution in [3.63, 3.8) is 0 Å². The second kappa shape index (κ2) is 12.1. The van der Waals surface area contributed by atoms with E-state index in [1.807, 2.05) is 6.07 Å². The third-order valence-corrected chi connectivity index (χ3v) is 6.44. The normalized spacial score (nSPS) is 11.3. The molecular weight excluding hydrogens is 252 g/mol. The van der Waals surface area contributed by atoms with Crippen molar-refractivity contribution in [1.82, 2.24) is 0 Å². The minimum Gasteiger partial charge on any atom is -0.468 e. The Morgan fingerprint density at radius 1 is 1.13 bits per heavy atom. The first-order valence-electron chi connectivity index (χ1n) is 5.37. The summed E-state index contributed by atoms with van der Waals surface area (Å²) in [6.07, 6.45) is 1.31. The Hall–Kier alpha value is 0.00753. The molecule has 0 saturated carbocycles. The second-order valence-electron chi connectivity index (χ2n) is 3.26. The topological polar surface area (TPSA) is 18.5 Å². The Balaban J connectivity index is 0.000000288. The van der Waals surface area contributed by atoms with Gasteiger partial charge in [0.25, 0.3) is 0 Å². The van der Waals surface area contributed by atoms with E-state index >= 15 is 0 Å². The average molecular weight is 275 g/mol. The van der Waals surface area contributed by atoms with Crippen LogP contribution in [0.2, 0.25) is 6.04 Å². The Labute approximate surface area is 104 Å². The quantitative estimate of drug-likeness (QED) is 0.452. The summed E-state index contributed by atoms with van der Waals surface area (Å²) in [4.78, 5) is 0. The molecular formula is C9H22O2Si4. The molecule has 0 radical (unpaired) electrons. The molecule has 86 valence electrons. The molecule has 6 heteroatoms. The van der Waals surface area contributed by atoms with Gasteiger partial charge >= 0.3 is 0 Å². The zero-order chi connectivity index (χ0) is 11.4. The lowest BCUT2D eigenvalue weighted by Gasteiger charge is -1.94. The van der Waals surface area contributed by atoms with Crippen molar-refractivity contribution in [3.05, 3.63) is 30.3 Å². The highest BCUT2D eigenvalue weighted by atomic mass is 28.3. The van der Waals surface area contributed by atoms with Gasteiger partial charge in [0.15, 0.2) is 9.76 Å². The largest absolute Gasteiger partial charge is 0.468 e. The summed E-state index contributed by atoms with van der Waals surface area (Å²) in [5.74, 6) is 0. The molecule has 0 fully saturated rings. The van der Waals surface area contributed by atoms with E-state index in [1.54, 1.807) is 0 Å². The van der Waals surface area contributed by atoms with Gasteiger partial charge in [-0.25, -0.2) is 0 Å². The Kier molecular flexibility index (Phi) is 12.1. The van der Waals surface area contributed by atoms with Crippen LogP contribution in [0.1, 0.15) is 13.3 Å². The van der Waals surface area contributed by atoms with E-state index in [4.69, 9.17) is 8.23 Å². The Morgan fingerprint density at radius 2 is 1.80 bits per heavy atom. The van der Waals surface area contributed by atoms with Crippen LogP contribution in [0.3, 0.4) is 0 Å². The van der Waals surface area contributed by atoms with Crippen LogP contribution in [0.25, 0.3) is 0 Å². The van der Waals surface area contributed by atoms with Crippen molar-refractivity contribution < 1.29 is 8.23 Å². The van der Waals surface area contributed by atoms with E-state index in [0.717, 1.165) is 21.0 Å². The van der Waals surface area contributed by atoms with Crippen molar-refractivity contribution in [2.24, 2.45) is 0 Å². The van der Waals surface area contributed by atoms with E-state index in [-0.39, 0.29) is 19.5 Å². The van der Waals surface area contributed by atoms with Crippen molar-refractivity contribution in [1.29, 1.82) is 0 Å². The van der Waals surface area contributed by atoms with Crippen LogP contribution in [0.5, 0.6) is 0 Å². The van der Waals surface area contributed by atoms with Crippen LogP contribution in [0.15, 0.2) is 30.3 Å². The molecule has 15 heavy (non-hydrogen) atoms. The van der Waals surface area contributed by atoms with Crippen LogP contribution < -0.4 is 5.19 Å². The van der Waals surface area contributed by atoms with Gasteiger partial charge in [-0.1, -0.05) is 43.7 Å². The molecule has 0 aromatic heterocycles. The van der Waals surface area contributed by atoms with Crippen molar-refractivity contribution in [3.8, 4) is 0 Å². The van der Waals surface area contributed by atoms with Gasteiger partial charge in [-0.05, 0) is 11.2 Å². The number of hydrogen-bond donors (Lipinski definition) is 0. The summed E-state index contributed by atoms with van der Waals surface area (Å²) in [5, 5.41) is 1.40. The second-order valence-corrected chi connectivity index (χ2v) is 10.1. The lowest BCUT2D eigenvalue weighted by Crippen LogP contribution is -2.14. The molecule has 0 bridgehead atoms. The highest BCUT2D eigenvalue weighted by molar-refractivity contribution is 6.50. The van der Waals surface area contributed by atoms with Gasteiger partial charge < -0.3 is 8.23 Å². The first-order chi connectivity index (χ1) is 7.35. The zero-order valence-electron chi connectivity index (χ0n) is 10.0. The summed E-state index contributed by atoms with van der Waals surface area (Å²) < 4.78 is 10.3. The van der Waals surface area contributed by atoms with Crippen LogP contribution in [-0.4, -0.2) is 40.5 Å². The molecule has 0 spiro atoms. The number of rotatable bonds is 5. The lowest BCUT2D eigenvalue weighted by molar-refractivity contribution is 0.657. The summed E-state index contributed by atoms with van der Waals surface area (Å²) in [6.45, 7) is 2.20. The molecule has 0 atom stereocenters. The van der Waals surface area contributed by atoms with Gasteiger partial charge in [0, 0.05) is 0 Å². The zero-order valence-corrected chi connectivity index (χ0v) is 16.9. The SMILES string of the molecule is CCC[SiH2]O[SiH3].[SiH3]O[SiH2]c1ccccc1. The average Bonchev–Trinajstić information content (AvgIpc) is 2.29. The van der Waals surface area contributed by atoms with Crippen LogP contribution in [0.4, 0.5) is 0 Å². The maximum atomic E-state index is 5.21. The van der Waals surface area contributed by atoms with Crippen molar-refractivity contribution in [2.75, 3.05) is 0 Å². The van der Waals surface area contributed by atoms with Crippen LogP contribution in [0, 0.1) is 0 Å². The van der Waals surface area contributed by atoms with Crippen molar-refractivity contribution >= 4 is 45.7 Å². The van der Waals surface area contributed by atoms with Crippen LogP contribution in [-0.2, 0) is 8.23 Å². The van der Waals surface area contributed by atoms with Gasteiger partial charge in [0.2, 0.25) is 0 Å². The molecule has 1 aromatic rings. The first kappa shape index (κ1) is 15.0. The molecule has 0 aliphatic carbocycles. The maximum Gasteiger partial charge on any atom is 0.178 e. The fourth-order valence-electron chi connectivity index (χ4n) is 1.03. The molecule has 0 unspecified atom stereocenters.